The van der Waals surface area contributed by atoms with Crippen molar-refractivity contribution >= 4 is 16.7 Å². The fourth-order valence-corrected chi connectivity index (χ4v) is 4.44. The third-order valence-corrected chi connectivity index (χ3v) is 6.01. The van der Waals surface area contributed by atoms with E-state index in [1.165, 1.54) is 0 Å². The number of fused-ring (bicyclic) bond motifs is 4. The summed E-state index contributed by atoms with van der Waals surface area (Å²) in [6.07, 6.45) is 0. The summed E-state index contributed by atoms with van der Waals surface area (Å²) >= 11 is 0. The van der Waals surface area contributed by atoms with Crippen LogP contribution in [0.15, 0.2) is 66.7 Å². The molecule has 2 heterocycles. The number of benzene rings is 4. The maximum Gasteiger partial charge on any atom is 0.338 e. The number of methoxy groups -OCH3 is 1. The lowest BCUT2D eigenvalue weighted by Crippen LogP contribution is -1.99. The first-order chi connectivity index (χ1) is 16.2. The highest BCUT2D eigenvalue weighted by atomic mass is 16.7. The fraction of sp³-hybridized carbons (Fsp3) is 0.148. The van der Waals surface area contributed by atoms with Gasteiger partial charge in [0, 0.05) is 16.5 Å². The number of rotatable bonds is 5. The number of esters is 1. The van der Waals surface area contributed by atoms with Gasteiger partial charge in [-0.3, -0.25) is 0 Å². The van der Waals surface area contributed by atoms with Gasteiger partial charge < -0.3 is 23.7 Å². The Labute approximate surface area is 190 Å². The average Bonchev–Trinajstić information content (AvgIpc) is 3.49. The van der Waals surface area contributed by atoms with Gasteiger partial charge in [-0.2, -0.15) is 0 Å². The molecule has 0 N–H and O–H groups in total. The molecule has 0 radical (unpaired) electrons. The summed E-state index contributed by atoms with van der Waals surface area (Å²) in [5.41, 5.74) is 4.22. The van der Waals surface area contributed by atoms with Crippen LogP contribution in [0.3, 0.4) is 0 Å². The largest absolute Gasteiger partial charge is 0.493 e. The molecule has 0 aromatic heterocycles. The quantitative estimate of drug-likeness (QED) is 0.382. The van der Waals surface area contributed by atoms with Gasteiger partial charge >= 0.3 is 5.97 Å². The van der Waals surface area contributed by atoms with E-state index in [0.29, 0.717) is 35.2 Å². The van der Waals surface area contributed by atoms with Crippen LogP contribution in [0.5, 0.6) is 23.0 Å². The minimum atomic E-state index is -0.319. The van der Waals surface area contributed by atoms with Crippen LogP contribution < -0.4 is 18.9 Å². The maximum absolute atomic E-state index is 12.4. The van der Waals surface area contributed by atoms with E-state index in [2.05, 4.69) is 0 Å². The molecule has 0 fully saturated rings. The molecule has 164 valence electrons. The monoisotopic (exact) mass is 440 g/mol. The normalized spacial score (nSPS) is 13.7. The number of cyclic esters (lactones) is 1. The van der Waals surface area contributed by atoms with Crippen molar-refractivity contribution in [3.8, 4) is 34.1 Å². The Morgan fingerprint density at radius 1 is 0.909 bits per heavy atom. The second-order valence-electron chi connectivity index (χ2n) is 7.89. The van der Waals surface area contributed by atoms with Gasteiger partial charge in [-0.25, -0.2) is 4.79 Å². The third-order valence-electron chi connectivity index (χ3n) is 6.01. The highest BCUT2D eigenvalue weighted by Crippen LogP contribution is 2.48. The standard InChI is InChI=1S/C27H20O6/c1-29-23-12-18(7-9-21(23)30-13-16-5-3-2-4-6-16)24-20-14-31-27(28)19(20)11-17-8-10-22-26(25(17)24)33-15-32-22/h2-12H,13-15H2,1H3. The van der Waals surface area contributed by atoms with Crippen molar-refractivity contribution in [2.24, 2.45) is 0 Å². The summed E-state index contributed by atoms with van der Waals surface area (Å²) in [5.74, 6) is 2.28. The van der Waals surface area contributed by atoms with Crippen molar-refractivity contribution in [1.82, 2.24) is 0 Å². The zero-order chi connectivity index (χ0) is 22.4. The van der Waals surface area contributed by atoms with Gasteiger partial charge in [0.05, 0.1) is 12.7 Å². The van der Waals surface area contributed by atoms with Gasteiger partial charge in [0.25, 0.3) is 0 Å². The lowest BCUT2D eigenvalue weighted by Gasteiger charge is -2.16. The van der Waals surface area contributed by atoms with Crippen molar-refractivity contribution in [3.63, 3.8) is 0 Å². The van der Waals surface area contributed by atoms with Crippen LogP contribution >= 0.6 is 0 Å². The van der Waals surface area contributed by atoms with Crippen LogP contribution in [-0.2, 0) is 18.0 Å². The zero-order valence-electron chi connectivity index (χ0n) is 17.9. The lowest BCUT2D eigenvalue weighted by molar-refractivity contribution is 0.0535. The van der Waals surface area contributed by atoms with E-state index < -0.39 is 0 Å². The fourth-order valence-electron chi connectivity index (χ4n) is 4.44. The number of carbonyl (C=O) groups excluding carboxylic acids is 1. The lowest BCUT2D eigenvalue weighted by atomic mass is 9.90. The molecular weight excluding hydrogens is 420 g/mol. The van der Waals surface area contributed by atoms with Gasteiger partial charge in [0.1, 0.15) is 13.2 Å². The topological polar surface area (TPSA) is 63.2 Å². The number of hydrogen-bond acceptors (Lipinski definition) is 6. The molecule has 33 heavy (non-hydrogen) atoms. The van der Waals surface area contributed by atoms with Crippen LogP contribution in [0.1, 0.15) is 21.5 Å². The van der Waals surface area contributed by atoms with Crippen molar-refractivity contribution in [1.29, 1.82) is 0 Å². The van der Waals surface area contributed by atoms with Gasteiger partial charge in [0.2, 0.25) is 6.79 Å². The van der Waals surface area contributed by atoms with E-state index >= 15 is 0 Å². The average molecular weight is 440 g/mol. The van der Waals surface area contributed by atoms with Gasteiger partial charge in [-0.1, -0.05) is 42.5 Å². The zero-order valence-corrected chi connectivity index (χ0v) is 17.9. The predicted octanol–water partition coefficient (Wildman–Crippen LogP) is 5.49. The molecule has 4 aromatic rings. The molecule has 0 atom stereocenters. The van der Waals surface area contributed by atoms with Crippen molar-refractivity contribution in [3.05, 3.63) is 83.4 Å². The minimum Gasteiger partial charge on any atom is -0.493 e. The van der Waals surface area contributed by atoms with E-state index in [1.54, 1.807) is 7.11 Å². The molecule has 6 heteroatoms. The first kappa shape index (κ1) is 19.5. The molecular formula is C27H20O6. The number of ether oxygens (including phenoxy) is 5. The molecule has 0 aliphatic carbocycles. The molecule has 0 amide bonds. The molecule has 6 rings (SSSR count). The Morgan fingerprint density at radius 2 is 1.79 bits per heavy atom. The second kappa shape index (κ2) is 7.74. The van der Waals surface area contributed by atoms with Crippen LogP contribution in [-0.4, -0.2) is 19.9 Å². The Balaban J connectivity index is 1.49. The maximum atomic E-state index is 12.4. The van der Waals surface area contributed by atoms with Gasteiger partial charge in [0.15, 0.2) is 23.0 Å². The smallest absolute Gasteiger partial charge is 0.338 e. The van der Waals surface area contributed by atoms with Crippen LogP contribution in [0, 0.1) is 0 Å². The highest BCUT2D eigenvalue weighted by molar-refractivity contribution is 6.10. The molecule has 0 spiro atoms. The molecule has 2 aliphatic heterocycles. The molecule has 0 saturated heterocycles. The summed E-state index contributed by atoms with van der Waals surface area (Å²) in [7, 11) is 1.61. The second-order valence-corrected chi connectivity index (χ2v) is 7.89. The van der Waals surface area contributed by atoms with Crippen LogP contribution in [0.2, 0.25) is 0 Å². The number of hydrogen-bond donors (Lipinski definition) is 0. The Hall–Kier alpha value is -4.19. The molecule has 4 aromatic carbocycles. The van der Waals surface area contributed by atoms with Gasteiger partial charge in [-0.05, 0) is 40.8 Å². The molecule has 6 nitrogen and oxygen atoms in total. The van der Waals surface area contributed by atoms with Crippen LogP contribution in [0.25, 0.3) is 21.9 Å². The predicted molar refractivity (Wildman–Crippen MR) is 122 cm³/mol. The van der Waals surface area contributed by atoms with E-state index in [9.17, 15) is 4.79 Å². The minimum absolute atomic E-state index is 0.163. The van der Waals surface area contributed by atoms with Crippen molar-refractivity contribution < 1.29 is 28.5 Å². The first-order valence-corrected chi connectivity index (χ1v) is 10.6. The molecule has 0 unspecified atom stereocenters. The van der Waals surface area contributed by atoms with E-state index in [1.807, 2.05) is 66.7 Å². The first-order valence-electron chi connectivity index (χ1n) is 10.6. The summed E-state index contributed by atoms with van der Waals surface area (Å²) in [6, 6.07) is 21.4. The molecule has 0 bridgehead atoms. The summed E-state index contributed by atoms with van der Waals surface area (Å²) in [6.45, 7) is 0.801. The van der Waals surface area contributed by atoms with Gasteiger partial charge in [-0.15, -0.1) is 0 Å². The van der Waals surface area contributed by atoms with Crippen molar-refractivity contribution in [2.75, 3.05) is 13.9 Å². The molecule has 2 aliphatic rings. The van der Waals surface area contributed by atoms with E-state index in [-0.39, 0.29) is 19.4 Å². The summed E-state index contributed by atoms with van der Waals surface area (Å²) in [5, 5.41) is 1.78. The van der Waals surface area contributed by atoms with Crippen molar-refractivity contribution in [2.45, 2.75) is 13.2 Å². The van der Waals surface area contributed by atoms with E-state index in [4.69, 9.17) is 23.7 Å². The summed E-state index contributed by atoms with van der Waals surface area (Å²) in [4.78, 5) is 12.4. The SMILES string of the molecule is COc1cc(-c2c3c(cc4ccc5c(c24)OCO5)C(=O)OC3)ccc1OCc1ccccc1. The Morgan fingerprint density at radius 3 is 2.64 bits per heavy atom. The molecule has 0 saturated carbocycles. The van der Waals surface area contributed by atoms with Crippen LogP contribution in [0.4, 0.5) is 0 Å². The third kappa shape index (κ3) is 3.22. The number of carbonyl (C=O) groups is 1. The highest BCUT2D eigenvalue weighted by Gasteiger charge is 2.30. The Kier molecular flexibility index (Phi) is 4.57. The van der Waals surface area contributed by atoms with E-state index in [0.717, 1.165) is 33.0 Å². The Bertz CT molecular complexity index is 1390. The summed E-state index contributed by atoms with van der Waals surface area (Å²) < 4.78 is 28.5.